The van der Waals surface area contributed by atoms with Crippen LogP contribution in [0.1, 0.15) is 11.1 Å². The van der Waals surface area contributed by atoms with Gasteiger partial charge in [0.2, 0.25) is 0 Å². The maximum Gasteiger partial charge on any atom is 0.137 e. The minimum absolute atomic E-state index is 0.0216. The Hall–Kier alpha value is -1.55. The maximum atomic E-state index is 9.49. The Morgan fingerprint density at radius 2 is 1.90 bits per heavy atom. The summed E-state index contributed by atoms with van der Waals surface area (Å²) in [6, 6.07) is 15.9. The number of rotatable bonds is 7. The highest BCUT2D eigenvalue weighted by molar-refractivity contribution is 6.32. The van der Waals surface area contributed by atoms with Crippen LogP contribution >= 0.6 is 11.6 Å². The topological polar surface area (TPSA) is 41.5 Å². The molecule has 0 bridgehead atoms. The normalized spacial score (nSPS) is 12.1. The van der Waals surface area contributed by atoms with Crippen molar-refractivity contribution in [1.82, 2.24) is 5.32 Å². The van der Waals surface area contributed by atoms with E-state index in [0.29, 0.717) is 17.3 Å². The summed E-state index contributed by atoms with van der Waals surface area (Å²) in [5, 5.41) is 13.4. The molecule has 4 heteroatoms. The van der Waals surface area contributed by atoms with Gasteiger partial charge < -0.3 is 15.2 Å². The lowest BCUT2D eigenvalue weighted by atomic mass is 10.1. The minimum atomic E-state index is 0.0216. The van der Waals surface area contributed by atoms with E-state index in [-0.39, 0.29) is 12.6 Å². The fourth-order valence-corrected chi connectivity index (χ4v) is 2.46. The molecule has 0 aliphatic heterocycles. The minimum Gasteiger partial charge on any atom is -0.495 e. The molecule has 0 amide bonds. The first-order valence-electron chi connectivity index (χ1n) is 6.93. The molecule has 2 N–H and O–H groups in total. The van der Waals surface area contributed by atoms with Crippen LogP contribution in [0.4, 0.5) is 0 Å². The van der Waals surface area contributed by atoms with E-state index in [1.807, 2.05) is 36.4 Å². The van der Waals surface area contributed by atoms with Gasteiger partial charge in [-0.1, -0.05) is 48.0 Å². The third-order valence-electron chi connectivity index (χ3n) is 3.36. The predicted octanol–water partition coefficient (Wildman–Crippen LogP) is 3.04. The predicted molar refractivity (Wildman–Crippen MR) is 85.9 cm³/mol. The fraction of sp³-hybridized carbons (Fsp3) is 0.294. The van der Waals surface area contributed by atoms with Crippen LogP contribution in [0, 0.1) is 0 Å². The number of aliphatic hydroxyl groups excluding tert-OH is 1. The molecule has 0 saturated carbocycles. The molecule has 0 unspecified atom stereocenters. The van der Waals surface area contributed by atoms with Gasteiger partial charge in [0.15, 0.2) is 0 Å². The summed E-state index contributed by atoms with van der Waals surface area (Å²) in [5.41, 5.74) is 2.27. The number of hydrogen-bond acceptors (Lipinski definition) is 3. The number of ether oxygens (including phenoxy) is 1. The van der Waals surface area contributed by atoms with Gasteiger partial charge in [-0.15, -0.1) is 0 Å². The van der Waals surface area contributed by atoms with Crippen molar-refractivity contribution in [3.8, 4) is 5.75 Å². The molecule has 112 valence electrons. The number of methoxy groups -OCH3 is 1. The summed E-state index contributed by atoms with van der Waals surface area (Å²) < 4.78 is 5.13. The van der Waals surface area contributed by atoms with Gasteiger partial charge in [-0.2, -0.15) is 0 Å². The van der Waals surface area contributed by atoms with Crippen molar-refractivity contribution in [2.45, 2.75) is 19.0 Å². The smallest absolute Gasteiger partial charge is 0.137 e. The molecule has 0 heterocycles. The summed E-state index contributed by atoms with van der Waals surface area (Å²) in [6.45, 7) is 0.751. The van der Waals surface area contributed by atoms with Gasteiger partial charge in [-0.25, -0.2) is 0 Å². The van der Waals surface area contributed by atoms with Crippen LogP contribution in [-0.4, -0.2) is 24.9 Å². The molecule has 0 aromatic heterocycles. The Labute approximate surface area is 130 Å². The number of hydrogen-bond donors (Lipinski definition) is 2. The van der Waals surface area contributed by atoms with E-state index in [4.69, 9.17) is 16.3 Å². The number of halogens is 1. The van der Waals surface area contributed by atoms with E-state index >= 15 is 0 Å². The van der Waals surface area contributed by atoms with Crippen molar-refractivity contribution >= 4 is 11.6 Å². The van der Waals surface area contributed by atoms with Crippen LogP contribution in [0.25, 0.3) is 0 Å². The largest absolute Gasteiger partial charge is 0.495 e. The second-order valence-electron chi connectivity index (χ2n) is 4.92. The molecule has 0 spiro atoms. The average molecular weight is 306 g/mol. The third kappa shape index (κ3) is 4.74. The first kappa shape index (κ1) is 15.8. The third-order valence-corrected chi connectivity index (χ3v) is 3.65. The molecule has 2 aromatic carbocycles. The summed E-state index contributed by atoms with van der Waals surface area (Å²) in [6.07, 6.45) is 0.793. The van der Waals surface area contributed by atoms with Crippen molar-refractivity contribution in [1.29, 1.82) is 0 Å². The second-order valence-corrected chi connectivity index (χ2v) is 5.33. The Kier molecular flexibility index (Phi) is 6.05. The number of benzene rings is 2. The lowest BCUT2D eigenvalue weighted by Crippen LogP contribution is -2.34. The Bertz CT molecular complexity index is 560. The van der Waals surface area contributed by atoms with E-state index in [9.17, 15) is 5.11 Å². The van der Waals surface area contributed by atoms with Gasteiger partial charge in [-0.05, 0) is 29.7 Å². The van der Waals surface area contributed by atoms with E-state index in [1.165, 1.54) is 5.56 Å². The molecule has 0 aliphatic carbocycles. The molecule has 21 heavy (non-hydrogen) atoms. The summed E-state index contributed by atoms with van der Waals surface area (Å²) in [7, 11) is 1.60. The SMILES string of the molecule is COc1ccc(CN[C@@H](CO)Cc2ccccc2)cc1Cl. The summed E-state index contributed by atoms with van der Waals surface area (Å²) in [4.78, 5) is 0. The summed E-state index contributed by atoms with van der Waals surface area (Å²) >= 11 is 6.11. The highest BCUT2D eigenvalue weighted by Crippen LogP contribution is 2.24. The highest BCUT2D eigenvalue weighted by atomic mass is 35.5. The quantitative estimate of drug-likeness (QED) is 0.826. The molecule has 2 aromatic rings. The van der Waals surface area contributed by atoms with E-state index < -0.39 is 0 Å². The van der Waals surface area contributed by atoms with E-state index in [1.54, 1.807) is 7.11 Å². The Morgan fingerprint density at radius 1 is 1.14 bits per heavy atom. The zero-order chi connectivity index (χ0) is 15.1. The molecular weight excluding hydrogens is 286 g/mol. The van der Waals surface area contributed by atoms with Gasteiger partial charge in [0.1, 0.15) is 5.75 Å². The Morgan fingerprint density at radius 3 is 2.52 bits per heavy atom. The van der Waals surface area contributed by atoms with E-state index in [2.05, 4.69) is 17.4 Å². The van der Waals surface area contributed by atoms with Gasteiger partial charge >= 0.3 is 0 Å². The first-order chi connectivity index (χ1) is 10.2. The first-order valence-corrected chi connectivity index (χ1v) is 7.31. The molecule has 3 nitrogen and oxygen atoms in total. The van der Waals surface area contributed by atoms with Crippen molar-refractivity contribution < 1.29 is 9.84 Å². The van der Waals surface area contributed by atoms with Gasteiger partial charge in [0.05, 0.1) is 18.7 Å². The molecule has 0 saturated heterocycles. The summed E-state index contributed by atoms with van der Waals surface area (Å²) in [5.74, 6) is 0.670. The monoisotopic (exact) mass is 305 g/mol. The standard InChI is InChI=1S/C17H20ClNO2/c1-21-17-8-7-14(10-16(17)18)11-19-15(12-20)9-13-5-3-2-4-6-13/h2-8,10,15,19-20H,9,11-12H2,1H3/t15-/m1/s1. The van der Waals surface area contributed by atoms with Crippen LogP contribution in [-0.2, 0) is 13.0 Å². The number of nitrogens with one attached hydrogen (secondary N) is 1. The van der Waals surface area contributed by atoms with E-state index in [0.717, 1.165) is 12.0 Å². The lowest BCUT2D eigenvalue weighted by molar-refractivity contribution is 0.241. The van der Waals surface area contributed by atoms with Gasteiger partial charge in [0, 0.05) is 12.6 Å². The van der Waals surface area contributed by atoms with Crippen LogP contribution in [0.3, 0.4) is 0 Å². The molecule has 0 fully saturated rings. The zero-order valence-electron chi connectivity index (χ0n) is 12.1. The molecule has 0 radical (unpaired) electrons. The molecule has 0 aliphatic rings. The zero-order valence-corrected chi connectivity index (χ0v) is 12.8. The van der Waals surface area contributed by atoms with Crippen LogP contribution < -0.4 is 10.1 Å². The van der Waals surface area contributed by atoms with Crippen molar-refractivity contribution in [2.24, 2.45) is 0 Å². The van der Waals surface area contributed by atoms with Crippen molar-refractivity contribution in [2.75, 3.05) is 13.7 Å². The number of aliphatic hydroxyl groups is 1. The molecule has 1 atom stereocenters. The van der Waals surface area contributed by atoms with Crippen LogP contribution in [0.5, 0.6) is 5.75 Å². The maximum absolute atomic E-state index is 9.49. The Balaban J connectivity index is 1.92. The molecular formula is C17H20ClNO2. The molecule has 2 rings (SSSR count). The fourth-order valence-electron chi connectivity index (χ4n) is 2.18. The van der Waals surface area contributed by atoms with Crippen LogP contribution in [0.2, 0.25) is 5.02 Å². The lowest BCUT2D eigenvalue weighted by Gasteiger charge is -2.17. The van der Waals surface area contributed by atoms with Crippen molar-refractivity contribution in [3.05, 3.63) is 64.7 Å². The average Bonchev–Trinajstić information content (AvgIpc) is 2.52. The van der Waals surface area contributed by atoms with Gasteiger partial charge in [0.25, 0.3) is 0 Å². The van der Waals surface area contributed by atoms with Gasteiger partial charge in [-0.3, -0.25) is 0 Å². The van der Waals surface area contributed by atoms with Crippen LogP contribution in [0.15, 0.2) is 48.5 Å². The second kappa shape index (κ2) is 8.03. The van der Waals surface area contributed by atoms with Crippen molar-refractivity contribution in [3.63, 3.8) is 0 Å². The highest BCUT2D eigenvalue weighted by Gasteiger charge is 2.09.